The average molecular weight is 247 g/mol. The van der Waals surface area contributed by atoms with E-state index in [1.807, 2.05) is 6.07 Å². The predicted molar refractivity (Wildman–Crippen MR) is 67.6 cm³/mol. The normalized spacial score (nSPS) is 10.5. The van der Waals surface area contributed by atoms with E-state index in [4.69, 9.17) is 10.5 Å². The van der Waals surface area contributed by atoms with Gasteiger partial charge in [-0.1, -0.05) is 12.1 Å². The molecule has 0 saturated heterocycles. The Hall–Kier alpha value is -2.21. The van der Waals surface area contributed by atoms with E-state index in [0.717, 1.165) is 0 Å². The molecule has 1 aromatic heterocycles. The van der Waals surface area contributed by atoms with Gasteiger partial charge in [0.15, 0.2) is 0 Å². The number of hydrogen-bond donors (Lipinski definition) is 1. The highest BCUT2D eigenvalue weighted by molar-refractivity contribution is 5.88. The maximum atomic E-state index is 11.0. The number of benzene rings is 1. The molecule has 0 spiro atoms. The van der Waals surface area contributed by atoms with Gasteiger partial charge in [-0.2, -0.15) is 0 Å². The first-order chi connectivity index (χ1) is 8.74. The molecule has 0 bridgehead atoms. The number of nitrogens with two attached hydrogens (primary N) is 1. The van der Waals surface area contributed by atoms with Crippen molar-refractivity contribution in [2.75, 3.05) is 13.2 Å². The van der Waals surface area contributed by atoms with Gasteiger partial charge in [-0.3, -0.25) is 10.1 Å². The third-order valence-electron chi connectivity index (χ3n) is 2.50. The summed E-state index contributed by atoms with van der Waals surface area (Å²) in [6.45, 7) is 0.835. The van der Waals surface area contributed by atoms with E-state index < -0.39 is 4.92 Å². The topological polar surface area (TPSA) is 91.3 Å². The van der Waals surface area contributed by atoms with Gasteiger partial charge in [-0.25, -0.2) is 4.98 Å². The van der Waals surface area contributed by atoms with Gasteiger partial charge in [-0.05, 0) is 25.1 Å². The second-order valence-electron chi connectivity index (χ2n) is 3.74. The van der Waals surface area contributed by atoms with Crippen LogP contribution in [0.25, 0.3) is 10.9 Å². The molecule has 94 valence electrons. The van der Waals surface area contributed by atoms with Crippen molar-refractivity contribution in [1.29, 1.82) is 0 Å². The summed E-state index contributed by atoms with van der Waals surface area (Å²) in [5.41, 5.74) is 5.93. The third kappa shape index (κ3) is 2.38. The summed E-state index contributed by atoms with van der Waals surface area (Å²) in [4.78, 5) is 14.5. The Bertz CT molecular complexity index is 571. The fraction of sp³-hybridized carbons (Fsp3) is 0.250. The molecule has 0 radical (unpaired) electrons. The molecule has 1 aromatic carbocycles. The summed E-state index contributed by atoms with van der Waals surface area (Å²) >= 11 is 0. The minimum Gasteiger partial charge on any atom is -0.486 e. The van der Waals surface area contributed by atoms with Crippen LogP contribution in [0.4, 0.5) is 5.69 Å². The first-order valence-electron chi connectivity index (χ1n) is 5.59. The number of hydrogen-bond acceptors (Lipinski definition) is 5. The number of ether oxygens (including phenoxy) is 1. The molecule has 1 heterocycles. The predicted octanol–water partition coefficient (Wildman–Crippen LogP) is 1.87. The standard InChI is InChI=1S/C12H13N3O3/c13-6-3-7-18-12-9-4-1-2-5-10(9)14-8-11(12)15(16)17/h1-2,4-5,8H,3,6-7,13H2. The number of nitrogens with zero attached hydrogens (tertiary/aromatic N) is 2. The first-order valence-corrected chi connectivity index (χ1v) is 5.59. The second-order valence-corrected chi connectivity index (χ2v) is 3.74. The molecule has 6 nitrogen and oxygen atoms in total. The summed E-state index contributed by atoms with van der Waals surface area (Å²) in [6, 6.07) is 7.16. The summed E-state index contributed by atoms with van der Waals surface area (Å²) < 4.78 is 5.49. The fourth-order valence-corrected chi connectivity index (χ4v) is 1.64. The van der Waals surface area contributed by atoms with Gasteiger partial charge in [0.2, 0.25) is 5.75 Å². The lowest BCUT2D eigenvalue weighted by atomic mass is 10.2. The molecule has 0 aliphatic heterocycles. The van der Waals surface area contributed by atoms with Crippen LogP contribution in [0.5, 0.6) is 5.75 Å². The van der Waals surface area contributed by atoms with Gasteiger partial charge < -0.3 is 10.5 Å². The van der Waals surface area contributed by atoms with Crippen LogP contribution in [0, 0.1) is 10.1 Å². The lowest BCUT2D eigenvalue weighted by molar-refractivity contribution is -0.386. The van der Waals surface area contributed by atoms with E-state index in [1.165, 1.54) is 6.20 Å². The SMILES string of the molecule is NCCCOc1c([N+](=O)[O-])cnc2ccccc12. The Balaban J connectivity index is 2.48. The quantitative estimate of drug-likeness (QED) is 0.494. The molecule has 2 N–H and O–H groups in total. The van der Waals surface area contributed by atoms with Crippen molar-refractivity contribution in [3.8, 4) is 5.75 Å². The Labute approximate surface area is 104 Å². The molecule has 0 aliphatic carbocycles. The van der Waals surface area contributed by atoms with Gasteiger partial charge in [0.25, 0.3) is 0 Å². The van der Waals surface area contributed by atoms with Gasteiger partial charge in [0.1, 0.15) is 6.20 Å². The molecule has 0 unspecified atom stereocenters. The molecule has 18 heavy (non-hydrogen) atoms. The van der Waals surface area contributed by atoms with Crippen LogP contribution >= 0.6 is 0 Å². The molecule has 2 rings (SSSR count). The van der Waals surface area contributed by atoms with Gasteiger partial charge in [0, 0.05) is 5.39 Å². The van der Waals surface area contributed by atoms with E-state index in [2.05, 4.69) is 4.98 Å². The molecule has 0 fully saturated rings. The van der Waals surface area contributed by atoms with Crippen molar-refractivity contribution in [1.82, 2.24) is 4.98 Å². The van der Waals surface area contributed by atoms with E-state index >= 15 is 0 Å². The van der Waals surface area contributed by atoms with E-state index in [1.54, 1.807) is 18.2 Å². The van der Waals surface area contributed by atoms with Crippen molar-refractivity contribution in [2.24, 2.45) is 5.73 Å². The Morgan fingerprint density at radius 1 is 1.39 bits per heavy atom. The Morgan fingerprint density at radius 3 is 2.89 bits per heavy atom. The van der Waals surface area contributed by atoms with Crippen LogP contribution in [-0.4, -0.2) is 23.1 Å². The van der Waals surface area contributed by atoms with Crippen LogP contribution in [-0.2, 0) is 0 Å². The maximum Gasteiger partial charge on any atom is 0.329 e. The number of pyridine rings is 1. The summed E-state index contributed by atoms with van der Waals surface area (Å²) in [5.74, 6) is 0.263. The largest absolute Gasteiger partial charge is 0.486 e. The molecule has 0 saturated carbocycles. The minimum absolute atomic E-state index is 0.120. The summed E-state index contributed by atoms with van der Waals surface area (Å²) in [6.07, 6.45) is 1.87. The van der Waals surface area contributed by atoms with Crippen molar-refractivity contribution in [3.63, 3.8) is 0 Å². The minimum atomic E-state index is -0.489. The maximum absolute atomic E-state index is 11.0. The lowest BCUT2D eigenvalue weighted by Crippen LogP contribution is -2.07. The first kappa shape index (κ1) is 12.3. The molecular formula is C12H13N3O3. The number of aromatic nitrogens is 1. The number of fused-ring (bicyclic) bond motifs is 1. The monoisotopic (exact) mass is 247 g/mol. The van der Waals surface area contributed by atoms with E-state index in [0.29, 0.717) is 30.5 Å². The van der Waals surface area contributed by atoms with Crippen LogP contribution in [0.2, 0.25) is 0 Å². The number of para-hydroxylation sites is 1. The molecule has 0 amide bonds. The smallest absolute Gasteiger partial charge is 0.329 e. The van der Waals surface area contributed by atoms with Crippen molar-refractivity contribution in [2.45, 2.75) is 6.42 Å². The van der Waals surface area contributed by atoms with Crippen LogP contribution in [0.15, 0.2) is 30.5 Å². The zero-order chi connectivity index (χ0) is 13.0. The molecule has 2 aromatic rings. The number of rotatable bonds is 5. The van der Waals surface area contributed by atoms with E-state index in [9.17, 15) is 10.1 Å². The van der Waals surface area contributed by atoms with Crippen LogP contribution in [0.3, 0.4) is 0 Å². The Kier molecular flexibility index (Phi) is 3.69. The molecule has 0 aliphatic rings. The lowest BCUT2D eigenvalue weighted by Gasteiger charge is -2.08. The van der Waals surface area contributed by atoms with E-state index in [-0.39, 0.29) is 11.4 Å². The highest BCUT2D eigenvalue weighted by Crippen LogP contribution is 2.33. The van der Waals surface area contributed by atoms with Crippen molar-refractivity contribution < 1.29 is 9.66 Å². The van der Waals surface area contributed by atoms with Gasteiger partial charge in [0.05, 0.1) is 17.0 Å². The molecular weight excluding hydrogens is 234 g/mol. The summed E-state index contributed by atoms with van der Waals surface area (Å²) in [5, 5.41) is 11.6. The highest BCUT2D eigenvalue weighted by Gasteiger charge is 2.19. The van der Waals surface area contributed by atoms with Crippen molar-refractivity contribution in [3.05, 3.63) is 40.6 Å². The second kappa shape index (κ2) is 5.42. The number of nitro groups is 1. The zero-order valence-electron chi connectivity index (χ0n) is 9.70. The third-order valence-corrected chi connectivity index (χ3v) is 2.50. The molecule has 6 heteroatoms. The zero-order valence-corrected chi connectivity index (χ0v) is 9.70. The summed E-state index contributed by atoms with van der Waals surface area (Å²) in [7, 11) is 0. The van der Waals surface area contributed by atoms with Gasteiger partial charge >= 0.3 is 5.69 Å². The molecule has 0 atom stereocenters. The van der Waals surface area contributed by atoms with Crippen LogP contribution in [0.1, 0.15) is 6.42 Å². The van der Waals surface area contributed by atoms with Crippen LogP contribution < -0.4 is 10.5 Å². The highest BCUT2D eigenvalue weighted by atomic mass is 16.6. The average Bonchev–Trinajstić information content (AvgIpc) is 2.38. The van der Waals surface area contributed by atoms with Crippen molar-refractivity contribution >= 4 is 16.6 Å². The fourth-order valence-electron chi connectivity index (χ4n) is 1.64. The van der Waals surface area contributed by atoms with Gasteiger partial charge in [-0.15, -0.1) is 0 Å². The Morgan fingerprint density at radius 2 is 2.17 bits per heavy atom.